The molecule has 0 unspecified atom stereocenters. The molecule has 0 saturated carbocycles. The quantitative estimate of drug-likeness (QED) is 0.0385. The van der Waals surface area contributed by atoms with Gasteiger partial charge in [-0.15, -0.1) is 10.2 Å². The Bertz CT molecular complexity index is 2530. The number of azo groups is 2. The molecule has 0 spiro atoms. The summed E-state index contributed by atoms with van der Waals surface area (Å²) in [4.78, 5) is 56.6. The minimum atomic E-state index is -4.98. The van der Waals surface area contributed by atoms with E-state index in [-0.39, 0.29) is 66.4 Å². The number of hydrogen-bond donors (Lipinski definition) is 4. The third-order valence-electron chi connectivity index (χ3n) is 10.4. The molecule has 6 rings (SSSR count). The number of nitrogens with zero attached hydrogens (tertiary/aromatic N) is 11. The van der Waals surface area contributed by atoms with E-state index in [1.807, 2.05) is 28.5 Å². The number of aromatic nitrogens is 4. The highest BCUT2D eigenvalue weighted by atomic mass is 79.9. The number of hydrogen-bond acceptors (Lipinski definition) is 12. The molecule has 30 heteroatoms. The summed E-state index contributed by atoms with van der Waals surface area (Å²) >= 11 is 3.02. The van der Waals surface area contributed by atoms with Gasteiger partial charge in [0.05, 0.1) is 53.9 Å². The highest BCUT2D eigenvalue weighted by Crippen LogP contribution is 2.39. The lowest BCUT2D eigenvalue weighted by atomic mass is 10.1. The molecule has 4 aromatic rings. The first kappa shape index (κ1) is 61.7. The molecular weight excluding hydrogens is 1130 g/mol. The van der Waals surface area contributed by atoms with Crippen LogP contribution in [0.15, 0.2) is 93.9 Å². The molecule has 19 nitrogen and oxygen atoms in total. The molecular formula is C44H54Br2F9N15O4. The number of H-pyrrole nitrogens is 1. The monoisotopic (exact) mass is 1190 g/mol. The Morgan fingerprint density at radius 2 is 1.24 bits per heavy atom. The van der Waals surface area contributed by atoms with E-state index in [9.17, 15) is 58.7 Å². The number of alkyl halides is 10. The SMILES string of the molecule is C=C(C)NCCCn1cc[n+](CCCNC(C)=O)c1N=Nc1ccc2c(c1)N(C(=O)C(F)(F)F)CCN2C.CN1CCN(C(=O)C(F)(F)F)c2cc(N=Nc3ncc[nH]3)ccc21.O=C(NCCCBr)C(F)(F)F.[Br-]. The molecule has 2 aromatic carbocycles. The average molecular weight is 1190 g/mol. The van der Waals surface area contributed by atoms with Gasteiger partial charge in [0.25, 0.3) is 0 Å². The van der Waals surface area contributed by atoms with Crippen molar-refractivity contribution < 1.29 is 80.2 Å². The molecule has 4 N–H and O–H groups in total. The first-order valence-corrected chi connectivity index (χ1v) is 23.4. The number of aryl methyl sites for hydroxylation is 2. The fourth-order valence-corrected chi connectivity index (χ4v) is 7.09. The zero-order chi connectivity index (χ0) is 54.1. The zero-order valence-corrected chi connectivity index (χ0v) is 43.6. The minimum Gasteiger partial charge on any atom is -1.00 e. The van der Waals surface area contributed by atoms with Gasteiger partial charge >= 0.3 is 42.2 Å². The van der Waals surface area contributed by atoms with E-state index in [4.69, 9.17) is 0 Å². The van der Waals surface area contributed by atoms with E-state index in [2.05, 4.69) is 63.6 Å². The van der Waals surface area contributed by atoms with E-state index >= 15 is 0 Å². The molecule has 4 heterocycles. The van der Waals surface area contributed by atoms with Gasteiger partial charge in [0, 0.05) is 95.4 Å². The second-order valence-electron chi connectivity index (χ2n) is 16.1. The fraction of sp³-hybridized carbons (Fsp3) is 0.455. The van der Waals surface area contributed by atoms with Crippen molar-refractivity contribution in [3.05, 3.63) is 73.5 Å². The summed E-state index contributed by atoms with van der Waals surface area (Å²) in [7, 11) is 3.51. The predicted octanol–water partition coefficient (Wildman–Crippen LogP) is 5.20. The summed E-state index contributed by atoms with van der Waals surface area (Å²) in [5.41, 5.74) is 2.84. The van der Waals surface area contributed by atoms with Crippen LogP contribution in [0.25, 0.3) is 0 Å². The summed E-state index contributed by atoms with van der Waals surface area (Å²) in [6.07, 6.45) is -5.87. The molecule has 0 radical (unpaired) electrons. The van der Waals surface area contributed by atoms with E-state index in [0.717, 1.165) is 28.5 Å². The summed E-state index contributed by atoms with van der Waals surface area (Å²) in [5, 5.41) is 24.8. The topological polar surface area (TPSA) is 204 Å². The Kier molecular flexibility index (Phi) is 23.5. The number of benzene rings is 2. The number of aromatic amines is 1. The summed E-state index contributed by atoms with van der Waals surface area (Å²) in [6.45, 7) is 10.1. The largest absolute Gasteiger partial charge is 1.00 e. The van der Waals surface area contributed by atoms with Crippen molar-refractivity contribution in [2.24, 2.45) is 20.5 Å². The molecule has 0 aliphatic carbocycles. The second kappa shape index (κ2) is 28.2. The van der Waals surface area contributed by atoms with E-state index in [1.54, 1.807) is 59.7 Å². The van der Waals surface area contributed by atoms with Crippen molar-refractivity contribution in [2.75, 3.05) is 84.8 Å². The van der Waals surface area contributed by atoms with Crippen LogP contribution >= 0.6 is 15.9 Å². The van der Waals surface area contributed by atoms with Crippen LogP contribution < -0.4 is 57.1 Å². The number of likely N-dealkylation sites (N-methyl/N-ethyl adjacent to an activating group) is 2. The Hall–Kier alpha value is -6.59. The molecule has 2 aromatic heterocycles. The molecule has 74 heavy (non-hydrogen) atoms. The number of fused-ring (bicyclic) bond motifs is 2. The van der Waals surface area contributed by atoms with Gasteiger partial charge in [-0.3, -0.25) is 19.2 Å². The summed E-state index contributed by atoms with van der Waals surface area (Å²) in [6, 6.07) is 9.38. The molecule has 406 valence electrons. The van der Waals surface area contributed by atoms with E-state index in [0.29, 0.717) is 73.0 Å². The van der Waals surface area contributed by atoms with Crippen molar-refractivity contribution in [1.29, 1.82) is 0 Å². The van der Waals surface area contributed by atoms with Crippen molar-refractivity contribution in [3.63, 3.8) is 0 Å². The van der Waals surface area contributed by atoms with Crippen LogP contribution in [-0.4, -0.2) is 122 Å². The van der Waals surface area contributed by atoms with Gasteiger partial charge in [-0.1, -0.05) is 27.6 Å². The predicted molar refractivity (Wildman–Crippen MR) is 256 cm³/mol. The minimum absolute atomic E-state index is 0. The Labute approximate surface area is 438 Å². The second-order valence-corrected chi connectivity index (χ2v) is 16.9. The van der Waals surface area contributed by atoms with Crippen LogP contribution in [0.2, 0.25) is 0 Å². The number of carbonyl (C=O) groups is 4. The van der Waals surface area contributed by atoms with Crippen LogP contribution in [0.4, 0.5) is 85.5 Å². The number of imidazole rings is 2. The molecule has 0 bridgehead atoms. The van der Waals surface area contributed by atoms with Crippen LogP contribution in [0.3, 0.4) is 0 Å². The number of nitrogens with one attached hydrogen (secondary N) is 4. The number of carbonyl (C=O) groups excluding carboxylic acids is 4. The molecule has 4 amide bonds. The van der Waals surface area contributed by atoms with Crippen LogP contribution in [0, 0.1) is 0 Å². The third kappa shape index (κ3) is 18.7. The van der Waals surface area contributed by atoms with Crippen LogP contribution in [0.5, 0.6) is 0 Å². The van der Waals surface area contributed by atoms with Gasteiger partial charge in [0.15, 0.2) is 0 Å². The first-order chi connectivity index (χ1) is 34.3. The number of rotatable bonds is 16. The summed E-state index contributed by atoms with van der Waals surface area (Å²) in [5.74, 6) is -4.95. The van der Waals surface area contributed by atoms with Crippen LogP contribution in [-0.2, 0) is 32.3 Å². The number of halogens is 11. The zero-order valence-electron chi connectivity index (χ0n) is 40.4. The Morgan fingerprint density at radius 3 is 1.72 bits per heavy atom. The Balaban J connectivity index is 0.000000340. The average Bonchev–Trinajstić information content (AvgIpc) is 3.99. The van der Waals surface area contributed by atoms with Gasteiger partial charge in [-0.05, 0) is 62.6 Å². The van der Waals surface area contributed by atoms with Crippen molar-refractivity contribution in [3.8, 4) is 0 Å². The Morgan fingerprint density at radius 1 is 0.716 bits per heavy atom. The molecule has 0 saturated heterocycles. The smallest absolute Gasteiger partial charge is 0.471 e. The highest BCUT2D eigenvalue weighted by Gasteiger charge is 2.46. The lowest BCUT2D eigenvalue weighted by molar-refractivity contribution is -0.683. The molecule has 0 fully saturated rings. The van der Waals surface area contributed by atoms with Crippen molar-refractivity contribution >= 4 is 85.6 Å². The maximum absolute atomic E-state index is 13.2. The molecule has 2 aliphatic heterocycles. The number of allylic oxidation sites excluding steroid dienone is 1. The van der Waals surface area contributed by atoms with Gasteiger partial charge in [-0.2, -0.15) is 39.5 Å². The van der Waals surface area contributed by atoms with Gasteiger partial charge in [-0.25, -0.2) is 14.1 Å². The normalized spacial score (nSPS) is 13.5. The standard InChI is InChI=1S/C25H33F3N8O2.C14H13F3N6O.C5H7BrF3NO.BrH/c1-18(2)29-9-5-11-34-14-15-35(12-6-10-30-19(3)37)24(34)32-31-20-7-8-21-22(17-20)36(16-13-33(21)4)23(38)25(26,27)28;1-22-6-7-23(12(24)14(15,16)17)11-8-9(2-3-10(11)22)20-21-13-18-4-5-19-13;6-2-1-3-10-4(11)5(7,8)9;/h7-8,14-15,17,29H,1,5-6,9-13,16H2,2-4H3;2-5,8H,6-7H2,1H3,(H,18,19);1-3H2,(H,10,11);1H. The lowest BCUT2D eigenvalue weighted by Crippen LogP contribution is -3.00. The van der Waals surface area contributed by atoms with E-state index < -0.39 is 36.3 Å². The van der Waals surface area contributed by atoms with Crippen LogP contribution in [0.1, 0.15) is 33.1 Å². The van der Waals surface area contributed by atoms with Gasteiger partial charge in [0.1, 0.15) is 5.69 Å². The fourth-order valence-electron chi connectivity index (χ4n) is 6.81. The number of anilines is 4. The summed E-state index contributed by atoms with van der Waals surface area (Å²) < 4.78 is 116. The highest BCUT2D eigenvalue weighted by molar-refractivity contribution is 9.09. The first-order valence-electron chi connectivity index (χ1n) is 22.3. The van der Waals surface area contributed by atoms with Crippen molar-refractivity contribution in [2.45, 2.75) is 64.7 Å². The van der Waals surface area contributed by atoms with Crippen molar-refractivity contribution in [1.82, 2.24) is 30.5 Å². The van der Waals surface area contributed by atoms with E-state index in [1.165, 1.54) is 25.3 Å². The maximum atomic E-state index is 13.2. The lowest BCUT2D eigenvalue weighted by Gasteiger charge is -2.35. The van der Waals surface area contributed by atoms with Gasteiger partial charge in [0.2, 0.25) is 11.9 Å². The molecule has 2 aliphatic rings. The molecule has 0 atom stereocenters. The maximum Gasteiger partial charge on any atom is 0.471 e. The van der Waals surface area contributed by atoms with Gasteiger partial charge < -0.3 is 57.5 Å². The third-order valence-corrected chi connectivity index (χ3v) is 10.9. The number of amides is 4.